The van der Waals surface area contributed by atoms with E-state index in [1.165, 1.54) is 0 Å². The van der Waals surface area contributed by atoms with Crippen molar-refractivity contribution in [3.63, 3.8) is 0 Å². The summed E-state index contributed by atoms with van der Waals surface area (Å²) in [6, 6.07) is 0. The van der Waals surface area contributed by atoms with Gasteiger partial charge in [-0.3, -0.25) is 9.59 Å². The van der Waals surface area contributed by atoms with Crippen molar-refractivity contribution in [3.05, 3.63) is 0 Å². The lowest BCUT2D eigenvalue weighted by Crippen LogP contribution is -2.29. The average molecular weight is 213 g/mol. The molecule has 0 aromatic heterocycles. The molecule has 4 nitrogen and oxygen atoms in total. The maximum Gasteiger partial charge on any atom is 0.303 e. The van der Waals surface area contributed by atoms with Gasteiger partial charge < -0.3 is 10.0 Å². The van der Waals surface area contributed by atoms with E-state index in [0.29, 0.717) is 11.8 Å². The van der Waals surface area contributed by atoms with Crippen LogP contribution >= 0.6 is 0 Å². The summed E-state index contributed by atoms with van der Waals surface area (Å²) >= 11 is 0. The van der Waals surface area contributed by atoms with E-state index in [1.54, 1.807) is 18.9 Å². The number of carbonyl (C=O) groups excluding carboxylic acids is 1. The van der Waals surface area contributed by atoms with Crippen molar-refractivity contribution in [1.29, 1.82) is 0 Å². The summed E-state index contributed by atoms with van der Waals surface area (Å²) in [5, 5.41) is 8.67. The molecule has 4 heteroatoms. The van der Waals surface area contributed by atoms with Crippen LogP contribution in [-0.4, -0.2) is 35.5 Å². The van der Waals surface area contributed by atoms with Crippen LogP contribution in [0, 0.1) is 11.8 Å². The van der Waals surface area contributed by atoms with Crippen molar-refractivity contribution in [1.82, 2.24) is 4.90 Å². The summed E-state index contributed by atoms with van der Waals surface area (Å²) in [5.74, 6) is 0.174. The molecule has 1 aliphatic carbocycles. The molecule has 1 N–H and O–H groups in total. The van der Waals surface area contributed by atoms with Gasteiger partial charge >= 0.3 is 5.97 Å². The molecule has 0 aliphatic heterocycles. The first kappa shape index (κ1) is 12.0. The van der Waals surface area contributed by atoms with Crippen molar-refractivity contribution in [2.45, 2.75) is 32.6 Å². The zero-order chi connectivity index (χ0) is 11.4. The van der Waals surface area contributed by atoms with Gasteiger partial charge in [0.25, 0.3) is 0 Å². The monoisotopic (exact) mass is 213 g/mol. The Balaban J connectivity index is 2.30. The molecule has 15 heavy (non-hydrogen) atoms. The second-order valence-corrected chi connectivity index (χ2v) is 4.54. The van der Waals surface area contributed by atoms with Crippen LogP contribution in [0.2, 0.25) is 0 Å². The Hall–Kier alpha value is -1.06. The highest BCUT2D eigenvalue weighted by molar-refractivity contribution is 5.72. The Kier molecular flexibility index (Phi) is 4.12. The molecule has 1 rings (SSSR count). The van der Waals surface area contributed by atoms with Gasteiger partial charge in [0.05, 0.1) is 0 Å². The molecular weight excluding hydrogens is 194 g/mol. The van der Waals surface area contributed by atoms with Crippen molar-refractivity contribution in [2.24, 2.45) is 11.8 Å². The van der Waals surface area contributed by atoms with Gasteiger partial charge in [0.1, 0.15) is 0 Å². The lowest BCUT2D eigenvalue weighted by molar-refractivity contribution is -0.138. The van der Waals surface area contributed by atoms with Gasteiger partial charge in [-0.2, -0.15) is 0 Å². The van der Waals surface area contributed by atoms with E-state index in [1.807, 2.05) is 0 Å². The first-order valence-electron chi connectivity index (χ1n) is 5.42. The van der Waals surface area contributed by atoms with Crippen molar-refractivity contribution in [2.75, 3.05) is 13.6 Å². The van der Waals surface area contributed by atoms with Crippen LogP contribution in [0.1, 0.15) is 32.6 Å². The highest BCUT2D eigenvalue weighted by Gasteiger charge is 2.27. The van der Waals surface area contributed by atoms with Crippen LogP contribution in [0.5, 0.6) is 0 Å². The maximum absolute atomic E-state index is 11.0. The Morgan fingerprint density at radius 1 is 1.33 bits per heavy atom. The summed E-state index contributed by atoms with van der Waals surface area (Å²) in [4.78, 5) is 23.3. The molecule has 1 amide bonds. The molecule has 1 aliphatic rings. The quantitative estimate of drug-likeness (QED) is 0.767. The predicted molar refractivity (Wildman–Crippen MR) is 56.4 cm³/mol. The van der Waals surface area contributed by atoms with Crippen LogP contribution in [0.3, 0.4) is 0 Å². The van der Waals surface area contributed by atoms with E-state index in [4.69, 9.17) is 5.11 Å². The zero-order valence-electron chi connectivity index (χ0n) is 9.40. The lowest BCUT2D eigenvalue weighted by Gasteiger charge is -2.19. The molecule has 0 aromatic carbocycles. The molecule has 0 saturated heterocycles. The van der Waals surface area contributed by atoms with Crippen molar-refractivity contribution < 1.29 is 14.7 Å². The number of carboxylic acid groups (broad SMARTS) is 1. The van der Waals surface area contributed by atoms with Gasteiger partial charge in [-0.1, -0.05) is 0 Å². The molecule has 86 valence electrons. The first-order valence-corrected chi connectivity index (χ1v) is 5.42. The van der Waals surface area contributed by atoms with E-state index in [-0.39, 0.29) is 12.3 Å². The number of carboxylic acids is 1. The molecule has 2 atom stereocenters. The molecule has 0 heterocycles. The average Bonchev–Trinajstić information content (AvgIpc) is 2.51. The van der Waals surface area contributed by atoms with Gasteiger partial charge in [0.15, 0.2) is 0 Å². The fourth-order valence-electron chi connectivity index (χ4n) is 2.29. The minimum Gasteiger partial charge on any atom is -0.481 e. The van der Waals surface area contributed by atoms with E-state index >= 15 is 0 Å². The summed E-state index contributed by atoms with van der Waals surface area (Å²) in [6.45, 7) is 2.33. The number of hydrogen-bond donors (Lipinski definition) is 1. The Labute approximate surface area is 90.3 Å². The second-order valence-electron chi connectivity index (χ2n) is 4.54. The summed E-state index contributed by atoms with van der Waals surface area (Å²) in [7, 11) is 1.80. The fourth-order valence-corrected chi connectivity index (χ4v) is 2.29. The van der Waals surface area contributed by atoms with Gasteiger partial charge in [-0.25, -0.2) is 0 Å². The molecular formula is C11H19NO3. The zero-order valence-corrected chi connectivity index (χ0v) is 9.40. The molecule has 0 aromatic rings. The van der Waals surface area contributed by atoms with Gasteiger partial charge in [-0.05, 0) is 31.1 Å². The second kappa shape index (κ2) is 5.14. The van der Waals surface area contributed by atoms with Gasteiger partial charge in [-0.15, -0.1) is 0 Å². The largest absolute Gasteiger partial charge is 0.481 e. The number of amides is 1. The molecule has 1 saturated carbocycles. The Bertz CT molecular complexity index is 252. The Morgan fingerprint density at radius 2 is 1.93 bits per heavy atom. The number of rotatable bonds is 4. The number of carbonyl (C=O) groups is 2. The highest BCUT2D eigenvalue weighted by Crippen LogP contribution is 2.33. The van der Waals surface area contributed by atoms with Crippen LogP contribution < -0.4 is 0 Å². The van der Waals surface area contributed by atoms with E-state index in [0.717, 1.165) is 25.8 Å². The normalized spacial score (nSPS) is 25.2. The maximum atomic E-state index is 11.0. The number of aliphatic carboxylic acids is 1. The third-order valence-corrected chi connectivity index (χ3v) is 3.18. The molecule has 0 radical (unpaired) electrons. The SMILES string of the molecule is CC(=O)N(C)CC1CCC(CC(=O)O)C1. The van der Waals surface area contributed by atoms with E-state index in [2.05, 4.69) is 0 Å². The number of hydrogen-bond acceptors (Lipinski definition) is 2. The van der Waals surface area contributed by atoms with Crippen LogP contribution in [0.15, 0.2) is 0 Å². The summed E-state index contributed by atoms with van der Waals surface area (Å²) in [5.41, 5.74) is 0. The minimum absolute atomic E-state index is 0.0803. The molecule has 2 unspecified atom stereocenters. The topological polar surface area (TPSA) is 57.6 Å². The van der Waals surface area contributed by atoms with E-state index < -0.39 is 5.97 Å². The summed E-state index contributed by atoms with van der Waals surface area (Å²) in [6.07, 6.45) is 3.27. The van der Waals surface area contributed by atoms with Crippen molar-refractivity contribution >= 4 is 11.9 Å². The van der Waals surface area contributed by atoms with Crippen LogP contribution in [0.4, 0.5) is 0 Å². The first-order chi connectivity index (χ1) is 6.99. The van der Waals surface area contributed by atoms with Crippen LogP contribution in [0.25, 0.3) is 0 Å². The molecule has 0 bridgehead atoms. The number of nitrogens with zero attached hydrogens (tertiary/aromatic N) is 1. The van der Waals surface area contributed by atoms with Gasteiger partial charge in [0, 0.05) is 26.9 Å². The van der Waals surface area contributed by atoms with Crippen molar-refractivity contribution in [3.8, 4) is 0 Å². The smallest absolute Gasteiger partial charge is 0.303 e. The molecule has 0 spiro atoms. The predicted octanol–water partition coefficient (Wildman–Crippen LogP) is 1.36. The molecule has 1 fully saturated rings. The van der Waals surface area contributed by atoms with Gasteiger partial charge in [0.2, 0.25) is 5.91 Å². The van der Waals surface area contributed by atoms with E-state index in [9.17, 15) is 9.59 Å². The third-order valence-electron chi connectivity index (χ3n) is 3.18. The fraction of sp³-hybridized carbons (Fsp3) is 0.818. The minimum atomic E-state index is -0.708. The summed E-state index contributed by atoms with van der Waals surface area (Å²) < 4.78 is 0. The standard InChI is InChI=1S/C11H19NO3/c1-8(13)12(2)7-10-4-3-9(5-10)6-11(14)15/h9-10H,3-7H2,1-2H3,(H,14,15). The third kappa shape index (κ3) is 3.90. The highest BCUT2D eigenvalue weighted by atomic mass is 16.4. The lowest BCUT2D eigenvalue weighted by atomic mass is 10.0. The van der Waals surface area contributed by atoms with Crippen LogP contribution in [-0.2, 0) is 9.59 Å². The Morgan fingerprint density at radius 3 is 2.47 bits per heavy atom.